The minimum atomic E-state index is -0.0297. The normalized spacial score (nSPS) is 16.1. The molecule has 19 heavy (non-hydrogen) atoms. The molecule has 0 bridgehead atoms. The van der Waals surface area contributed by atoms with Crippen LogP contribution in [0.4, 0.5) is 0 Å². The molecule has 1 aliphatic carbocycles. The monoisotopic (exact) mass is 255 g/mol. The SMILES string of the molecule is NNC(c1ccncc1)c1ccc(OC2CC2)cc1. The van der Waals surface area contributed by atoms with Gasteiger partial charge in [-0.15, -0.1) is 0 Å². The van der Waals surface area contributed by atoms with Crippen LogP contribution in [0.15, 0.2) is 48.8 Å². The lowest BCUT2D eigenvalue weighted by molar-refractivity contribution is 0.303. The summed E-state index contributed by atoms with van der Waals surface area (Å²) in [4.78, 5) is 4.02. The van der Waals surface area contributed by atoms with Crippen molar-refractivity contribution in [2.24, 2.45) is 5.84 Å². The summed E-state index contributed by atoms with van der Waals surface area (Å²) < 4.78 is 5.74. The van der Waals surface area contributed by atoms with Gasteiger partial charge in [0, 0.05) is 12.4 Å². The van der Waals surface area contributed by atoms with Gasteiger partial charge in [0.05, 0.1) is 12.1 Å². The Labute approximate surface area is 112 Å². The number of ether oxygens (including phenoxy) is 1. The second kappa shape index (κ2) is 5.38. The number of rotatable bonds is 5. The van der Waals surface area contributed by atoms with Gasteiger partial charge in [0.2, 0.25) is 0 Å². The van der Waals surface area contributed by atoms with E-state index in [-0.39, 0.29) is 6.04 Å². The summed E-state index contributed by atoms with van der Waals surface area (Å²) >= 11 is 0. The van der Waals surface area contributed by atoms with E-state index in [1.807, 2.05) is 36.4 Å². The Morgan fingerprint density at radius 2 is 1.68 bits per heavy atom. The Kier molecular flexibility index (Phi) is 3.44. The lowest BCUT2D eigenvalue weighted by Gasteiger charge is -2.17. The molecule has 4 nitrogen and oxygen atoms in total. The summed E-state index contributed by atoms with van der Waals surface area (Å²) in [5.41, 5.74) is 5.04. The van der Waals surface area contributed by atoms with Crippen molar-refractivity contribution in [2.45, 2.75) is 25.0 Å². The Morgan fingerprint density at radius 3 is 2.26 bits per heavy atom. The Balaban J connectivity index is 1.79. The van der Waals surface area contributed by atoms with Crippen LogP contribution in [0, 0.1) is 0 Å². The van der Waals surface area contributed by atoms with Crippen molar-refractivity contribution in [3.8, 4) is 5.75 Å². The van der Waals surface area contributed by atoms with Gasteiger partial charge < -0.3 is 4.74 Å². The van der Waals surface area contributed by atoms with Crippen molar-refractivity contribution >= 4 is 0 Å². The van der Waals surface area contributed by atoms with Crippen LogP contribution < -0.4 is 16.0 Å². The first-order valence-electron chi connectivity index (χ1n) is 6.49. The first-order chi connectivity index (χ1) is 9.36. The smallest absolute Gasteiger partial charge is 0.119 e. The molecule has 0 radical (unpaired) electrons. The number of hydrogen-bond acceptors (Lipinski definition) is 4. The highest BCUT2D eigenvalue weighted by Gasteiger charge is 2.23. The van der Waals surface area contributed by atoms with Crippen molar-refractivity contribution in [2.75, 3.05) is 0 Å². The fourth-order valence-corrected chi connectivity index (χ4v) is 2.06. The molecule has 1 heterocycles. The predicted octanol–water partition coefficient (Wildman–Crippen LogP) is 2.18. The van der Waals surface area contributed by atoms with E-state index < -0.39 is 0 Å². The van der Waals surface area contributed by atoms with Gasteiger partial charge in [-0.2, -0.15) is 0 Å². The molecule has 0 saturated heterocycles. The highest BCUT2D eigenvalue weighted by Crippen LogP contribution is 2.28. The Bertz CT molecular complexity index is 523. The summed E-state index contributed by atoms with van der Waals surface area (Å²) in [5.74, 6) is 6.59. The standard InChI is InChI=1S/C15H17N3O/c16-18-15(12-7-9-17-10-8-12)11-1-3-13(4-2-11)19-14-5-6-14/h1-4,7-10,14-15,18H,5-6,16H2. The van der Waals surface area contributed by atoms with Crippen LogP contribution in [0.1, 0.15) is 30.0 Å². The predicted molar refractivity (Wildman–Crippen MR) is 73.5 cm³/mol. The van der Waals surface area contributed by atoms with Crippen LogP contribution in [-0.2, 0) is 0 Å². The number of pyridine rings is 1. The molecule has 1 unspecified atom stereocenters. The quantitative estimate of drug-likeness (QED) is 0.635. The first-order valence-corrected chi connectivity index (χ1v) is 6.49. The minimum absolute atomic E-state index is 0.0297. The molecule has 1 aromatic heterocycles. The van der Waals surface area contributed by atoms with E-state index in [2.05, 4.69) is 10.4 Å². The summed E-state index contributed by atoms with van der Waals surface area (Å²) in [5, 5.41) is 0. The summed E-state index contributed by atoms with van der Waals surface area (Å²) in [6.45, 7) is 0. The van der Waals surface area contributed by atoms with Gasteiger partial charge in [-0.05, 0) is 48.2 Å². The van der Waals surface area contributed by atoms with Crippen molar-refractivity contribution in [3.63, 3.8) is 0 Å². The van der Waals surface area contributed by atoms with Gasteiger partial charge in [0.15, 0.2) is 0 Å². The molecule has 98 valence electrons. The summed E-state index contributed by atoms with van der Waals surface area (Å²) in [7, 11) is 0. The third kappa shape index (κ3) is 2.92. The number of nitrogens with one attached hydrogen (secondary N) is 1. The van der Waals surface area contributed by atoms with Crippen LogP contribution in [0.3, 0.4) is 0 Å². The molecule has 0 aliphatic heterocycles. The summed E-state index contributed by atoms with van der Waals surface area (Å²) in [6, 6.07) is 12.0. The van der Waals surface area contributed by atoms with Gasteiger partial charge in [0.1, 0.15) is 5.75 Å². The zero-order valence-corrected chi connectivity index (χ0v) is 10.6. The molecule has 4 heteroatoms. The number of aromatic nitrogens is 1. The van der Waals surface area contributed by atoms with E-state index in [0.29, 0.717) is 6.10 Å². The van der Waals surface area contributed by atoms with Crippen LogP contribution in [0.2, 0.25) is 0 Å². The lowest BCUT2D eigenvalue weighted by atomic mass is 10.0. The van der Waals surface area contributed by atoms with E-state index in [9.17, 15) is 0 Å². The highest BCUT2D eigenvalue weighted by atomic mass is 16.5. The Morgan fingerprint density at radius 1 is 1.05 bits per heavy atom. The first kappa shape index (κ1) is 12.1. The minimum Gasteiger partial charge on any atom is -0.490 e. The maximum absolute atomic E-state index is 5.74. The number of hydrogen-bond donors (Lipinski definition) is 2. The van der Waals surface area contributed by atoms with Gasteiger partial charge in [-0.1, -0.05) is 12.1 Å². The largest absolute Gasteiger partial charge is 0.490 e. The van der Waals surface area contributed by atoms with Crippen LogP contribution in [0.5, 0.6) is 5.75 Å². The number of nitrogens with zero attached hydrogens (tertiary/aromatic N) is 1. The molecule has 1 saturated carbocycles. The zero-order chi connectivity index (χ0) is 13.1. The zero-order valence-electron chi connectivity index (χ0n) is 10.6. The van der Waals surface area contributed by atoms with Crippen LogP contribution in [0.25, 0.3) is 0 Å². The molecule has 0 amide bonds. The second-order valence-corrected chi connectivity index (χ2v) is 4.77. The van der Waals surface area contributed by atoms with Crippen molar-refractivity contribution in [1.82, 2.24) is 10.4 Å². The average Bonchev–Trinajstić information content (AvgIpc) is 3.27. The van der Waals surface area contributed by atoms with E-state index in [0.717, 1.165) is 16.9 Å². The van der Waals surface area contributed by atoms with E-state index in [1.54, 1.807) is 12.4 Å². The lowest BCUT2D eigenvalue weighted by Crippen LogP contribution is -2.28. The number of hydrazine groups is 1. The third-order valence-corrected chi connectivity index (χ3v) is 3.25. The van der Waals surface area contributed by atoms with Gasteiger partial charge in [-0.25, -0.2) is 5.43 Å². The number of nitrogens with two attached hydrogens (primary N) is 1. The topological polar surface area (TPSA) is 60.2 Å². The van der Waals surface area contributed by atoms with E-state index in [1.165, 1.54) is 12.8 Å². The molecule has 0 spiro atoms. The fourth-order valence-electron chi connectivity index (χ4n) is 2.06. The van der Waals surface area contributed by atoms with Gasteiger partial charge >= 0.3 is 0 Å². The van der Waals surface area contributed by atoms with Crippen molar-refractivity contribution in [1.29, 1.82) is 0 Å². The molecule has 3 rings (SSSR count). The molecule has 3 N–H and O–H groups in total. The van der Waals surface area contributed by atoms with E-state index in [4.69, 9.17) is 10.6 Å². The molecule has 2 aromatic rings. The maximum Gasteiger partial charge on any atom is 0.119 e. The van der Waals surface area contributed by atoms with Crippen LogP contribution in [-0.4, -0.2) is 11.1 Å². The molecular formula is C15H17N3O. The van der Waals surface area contributed by atoms with Crippen molar-refractivity contribution in [3.05, 3.63) is 59.9 Å². The van der Waals surface area contributed by atoms with Crippen LogP contribution >= 0.6 is 0 Å². The van der Waals surface area contributed by atoms with Crippen molar-refractivity contribution < 1.29 is 4.74 Å². The van der Waals surface area contributed by atoms with E-state index >= 15 is 0 Å². The molecule has 1 fully saturated rings. The van der Waals surface area contributed by atoms with Gasteiger partial charge in [-0.3, -0.25) is 10.8 Å². The molecule has 1 atom stereocenters. The average molecular weight is 255 g/mol. The molecule has 1 aliphatic rings. The third-order valence-electron chi connectivity index (χ3n) is 3.25. The fraction of sp³-hybridized carbons (Fsp3) is 0.267. The highest BCUT2D eigenvalue weighted by molar-refractivity contribution is 5.34. The molecule has 1 aromatic carbocycles. The number of benzene rings is 1. The second-order valence-electron chi connectivity index (χ2n) is 4.77. The summed E-state index contributed by atoms with van der Waals surface area (Å²) in [6.07, 6.45) is 6.31. The maximum atomic E-state index is 5.74. The molecular weight excluding hydrogens is 238 g/mol. The van der Waals surface area contributed by atoms with Gasteiger partial charge in [0.25, 0.3) is 0 Å². The Hall–Kier alpha value is -1.91.